The lowest BCUT2D eigenvalue weighted by Crippen LogP contribution is -2.53. The maximum Gasteiger partial charge on any atom is 0.407 e. The Kier molecular flexibility index (Phi) is 5.67. The third-order valence-electron chi connectivity index (χ3n) is 6.41. The number of carbonyl (C=O) groups is 3. The van der Waals surface area contributed by atoms with Crippen molar-refractivity contribution in [1.82, 2.24) is 10.2 Å². The van der Waals surface area contributed by atoms with Gasteiger partial charge in [0.1, 0.15) is 12.6 Å². The Hall–Kier alpha value is -3.35. The molecule has 0 spiro atoms. The molecule has 7 nitrogen and oxygen atoms in total. The molecule has 4 rings (SSSR count). The molecule has 2 aromatic carbocycles. The lowest BCUT2D eigenvalue weighted by atomic mass is 9.79. The number of carboxylic acids is 1. The van der Waals surface area contributed by atoms with Crippen LogP contribution in [-0.2, 0) is 14.3 Å². The molecular formula is C24H26N2O5. The van der Waals surface area contributed by atoms with Crippen molar-refractivity contribution in [2.75, 3.05) is 13.7 Å². The molecule has 0 saturated heterocycles. The summed E-state index contributed by atoms with van der Waals surface area (Å²) in [5.74, 6) is -1.54. The molecular weight excluding hydrogens is 396 g/mol. The van der Waals surface area contributed by atoms with Crippen molar-refractivity contribution in [1.29, 1.82) is 0 Å². The number of rotatable bonds is 6. The van der Waals surface area contributed by atoms with Crippen LogP contribution in [0.15, 0.2) is 48.5 Å². The summed E-state index contributed by atoms with van der Waals surface area (Å²) in [6.45, 7) is 1.78. The van der Waals surface area contributed by atoms with Crippen LogP contribution in [0.4, 0.5) is 4.79 Å². The van der Waals surface area contributed by atoms with Gasteiger partial charge in [0.25, 0.3) is 0 Å². The minimum atomic E-state index is -0.832. The van der Waals surface area contributed by atoms with Gasteiger partial charge in [-0.2, -0.15) is 0 Å². The largest absolute Gasteiger partial charge is 0.481 e. The van der Waals surface area contributed by atoms with Gasteiger partial charge in [0, 0.05) is 19.0 Å². The minimum Gasteiger partial charge on any atom is -0.481 e. The van der Waals surface area contributed by atoms with Crippen LogP contribution in [0.3, 0.4) is 0 Å². The molecule has 7 heteroatoms. The number of amides is 2. The predicted octanol–water partition coefficient (Wildman–Crippen LogP) is 3.24. The van der Waals surface area contributed by atoms with Crippen molar-refractivity contribution >= 4 is 18.0 Å². The first kappa shape index (κ1) is 20.9. The molecule has 2 aliphatic rings. The van der Waals surface area contributed by atoms with Crippen LogP contribution in [0, 0.1) is 5.92 Å². The summed E-state index contributed by atoms with van der Waals surface area (Å²) in [7, 11) is 1.64. The zero-order valence-corrected chi connectivity index (χ0v) is 17.6. The number of fused-ring (bicyclic) bond motifs is 3. The first-order valence-corrected chi connectivity index (χ1v) is 10.5. The third kappa shape index (κ3) is 4.00. The third-order valence-corrected chi connectivity index (χ3v) is 6.41. The number of alkyl carbamates (subject to hydrolysis) is 1. The zero-order valence-electron chi connectivity index (χ0n) is 17.6. The molecule has 0 aromatic heterocycles. The molecule has 0 bridgehead atoms. The summed E-state index contributed by atoms with van der Waals surface area (Å²) < 4.78 is 5.49. The number of likely N-dealkylation sites (N-methyl/N-ethyl adjacent to an activating group) is 1. The lowest BCUT2D eigenvalue weighted by molar-refractivity contribution is -0.150. The molecule has 0 heterocycles. The summed E-state index contributed by atoms with van der Waals surface area (Å²) in [6, 6.07) is 15.3. The van der Waals surface area contributed by atoms with E-state index >= 15 is 0 Å². The van der Waals surface area contributed by atoms with E-state index in [0.717, 1.165) is 22.3 Å². The van der Waals surface area contributed by atoms with E-state index in [4.69, 9.17) is 9.84 Å². The number of ether oxygens (including phenoxy) is 1. The Bertz CT molecular complexity index is 969. The molecule has 1 saturated carbocycles. The average Bonchev–Trinajstić information content (AvgIpc) is 3.04. The van der Waals surface area contributed by atoms with Crippen molar-refractivity contribution in [2.24, 2.45) is 5.92 Å². The number of hydrogen-bond donors (Lipinski definition) is 2. The second-order valence-corrected chi connectivity index (χ2v) is 8.30. The lowest BCUT2D eigenvalue weighted by Gasteiger charge is -2.40. The smallest absolute Gasteiger partial charge is 0.407 e. The van der Waals surface area contributed by atoms with E-state index < -0.39 is 24.0 Å². The molecule has 2 amide bonds. The van der Waals surface area contributed by atoms with E-state index in [2.05, 4.69) is 17.4 Å². The molecule has 2 N–H and O–H groups in total. The van der Waals surface area contributed by atoms with Crippen LogP contribution >= 0.6 is 0 Å². The monoisotopic (exact) mass is 422 g/mol. The van der Waals surface area contributed by atoms with Crippen molar-refractivity contribution < 1.29 is 24.2 Å². The van der Waals surface area contributed by atoms with E-state index in [0.29, 0.717) is 12.8 Å². The van der Waals surface area contributed by atoms with Gasteiger partial charge in [-0.1, -0.05) is 48.5 Å². The fourth-order valence-electron chi connectivity index (χ4n) is 4.47. The molecule has 2 aliphatic carbocycles. The summed E-state index contributed by atoms with van der Waals surface area (Å²) in [5.41, 5.74) is 4.55. The SMILES string of the molecule is CC(NC(=O)OCC1c2ccccc2-c2ccccc21)C(=O)N(C)C1CC(C(=O)O)C1. The van der Waals surface area contributed by atoms with Gasteiger partial charge in [-0.25, -0.2) is 4.79 Å². The topological polar surface area (TPSA) is 95.9 Å². The van der Waals surface area contributed by atoms with Gasteiger partial charge >= 0.3 is 12.1 Å². The van der Waals surface area contributed by atoms with Gasteiger partial charge in [0.15, 0.2) is 0 Å². The van der Waals surface area contributed by atoms with E-state index in [1.54, 1.807) is 14.0 Å². The summed E-state index contributed by atoms with van der Waals surface area (Å²) in [4.78, 5) is 37.4. The minimum absolute atomic E-state index is 0.0465. The molecule has 1 fully saturated rings. The van der Waals surface area contributed by atoms with Gasteiger partial charge in [-0.15, -0.1) is 0 Å². The van der Waals surface area contributed by atoms with Gasteiger partial charge < -0.3 is 20.1 Å². The van der Waals surface area contributed by atoms with Crippen LogP contribution < -0.4 is 5.32 Å². The highest BCUT2D eigenvalue weighted by Gasteiger charge is 2.39. The Morgan fingerprint density at radius 3 is 2.16 bits per heavy atom. The Morgan fingerprint density at radius 2 is 1.61 bits per heavy atom. The maximum absolute atomic E-state index is 12.6. The Morgan fingerprint density at radius 1 is 1.06 bits per heavy atom. The van der Waals surface area contributed by atoms with Gasteiger partial charge in [0.05, 0.1) is 5.92 Å². The number of hydrogen-bond acceptors (Lipinski definition) is 4. The van der Waals surface area contributed by atoms with Crippen molar-refractivity contribution in [3.05, 3.63) is 59.7 Å². The number of carboxylic acid groups (broad SMARTS) is 1. The molecule has 31 heavy (non-hydrogen) atoms. The normalized spacial score (nSPS) is 20.1. The first-order chi connectivity index (χ1) is 14.9. The molecule has 0 radical (unpaired) electrons. The fraction of sp³-hybridized carbons (Fsp3) is 0.375. The second-order valence-electron chi connectivity index (χ2n) is 8.30. The molecule has 0 aliphatic heterocycles. The predicted molar refractivity (Wildman–Crippen MR) is 115 cm³/mol. The van der Waals surface area contributed by atoms with Crippen molar-refractivity contribution in [3.63, 3.8) is 0 Å². The molecule has 2 aromatic rings. The average molecular weight is 422 g/mol. The van der Waals surface area contributed by atoms with Crippen molar-refractivity contribution in [2.45, 2.75) is 37.8 Å². The maximum atomic E-state index is 12.6. The summed E-state index contributed by atoms with van der Waals surface area (Å²) >= 11 is 0. The van der Waals surface area contributed by atoms with Crippen LogP contribution in [0.2, 0.25) is 0 Å². The van der Waals surface area contributed by atoms with Gasteiger partial charge in [0.2, 0.25) is 5.91 Å². The zero-order chi connectivity index (χ0) is 22.1. The molecule has 1 unspecified atom stereocenters. The summed E-state index contributed by atoms with van der Waals surface area (Å²) in [5, 5.41) is 11.6. The van der Waals surface area contributed by atoms with Crippen LogP contribution in [0.1, 0.15) is 36.8 Å². The van der Waals surface area contributed by atoms with Gasteiger partial charge in [-0.05, 0) is 42.0 Å². The number of nitrogens with one attached hydrogen (secondary N) is 1. The number of aliphatic carboxylic acids is 1. The summed E-state index contributed by atoms with van der Waals surface area (Å²) in [6.07, 6.45) is 0.234. The fourth-order valence-corrected chi connectivity index (χ4v) is 4.47. The van der Waals surface area contributed by atoms with Crippen LogP contribution in [-0.4, -0.2) is 53.7 Å². The highest BCUT2D eigenvalue weighted by atomic mass is 16.5. The van der Waals surface area contributed by atoms with E-state index in [-0.39, 0.29) is 24.5 Å². The first-order valence-electron chi connectivity index (χ1n) is 10.5. The van der Waals surface area contributed by atoms with Gasteiger partial charge in [-0.3, -0.25) is 9.59 Å². The number of carbonyl (C=O) groups excluding carboxylic acids is 2. The highest BCUT2D eigenvalue weighted by Crippen LogP contribution is 2.44. The van der Waals surface area contributed by atoms with E-state index in [1.165, 1.54) is 4.90 Å². The number of benzene rings is 2. The highest BCUT2D eigenvalue weighted by molar-refractivity contribution is 5.86. The molecule has 1 atom stereocenters. The number of nitrogens with zero attached hydrogens (tertiary/aromatic N) is 1. The van der Waals surface area contributed by atoms with Crippen LogP contribution in [0.25, 0.3) is 11.1 Å². The second kappa shape index (κ2) is 8.41. The molecule has 162 valence electrons. The standard InChI is InChI=1S/C24H26N2O5/c1-14(22(27)26(2)16-11-15(12-16)23(28)29)25-24(30)31-13-21-19-9-5-3-7-17(19)18-8-4-6-10-20(18)21/h3-10,14-16,21H,11-13H2,1-2H3,(H,25,30)(H,28,29). The quantitative estimate of drug-likeness (QED) is 0.745. The Labute approximate surface area is 181 Å². The van der Waals surface area contributed by atoms with E-state index in [9.17, 15) is 14.4 Å². The van der Waals surface area contributed by atoms with E-state index in [1.807, 2.05) is 36.4 Å². The Balaban J connectivity index is 1.32. The van der Waals surface area contributed by atoms with Crippen LogP contribution in [0.5, 0.6) is 0 Å². The van der Waals surface area contributed by atoms with Crippen molar-refractivity contribution in [3.8, 4) is 11.1 Å².